The fourth-order valence-electron chi connectivity index (χ4n) is 3.41. The molecule has 2 aromatic rings. The number of carbonyl (C=O) groups excluding carboxylic acids is 1. The molecule has 2 heterocycles. The molecule has 3 N–H and O–H groups in total. The van der Waals surface area contributed by atoms with Gasteiger partial charge in [-0.2, -0.15) is 0 Å². The van der Waals surface area contributed by atoms with Gasteiger partial charge in [-0.3, -0.25) is 9.59 Å². The van der Waals surface area contributed by atoms with Crippen LogP contribution in [0.4, 0.5) is 4.39 Å². The average Bonchev–Trinajstić information content (AvgIpc) is 2.60. The average molecular weight is 347 g/mol. The molecular weight excluding hydrogens is 325 g/mol. The van der Waals surface area contributed by atoms with Gasteiger partial charge in [-0.1, -0.05) is 0 Å². The van der Waals surface area contributed by atoms with Crippen molar-refractivity contribution in [2.45, 2.75) is 12.8 Å². The zero-order chi connectivity index (χ0) is 17.9. The van der Waals surface area contributed by atoms with E-state index in [0.29, 0.717) is 24.1 Å². The topological polar surface area (TPSA) is 83.2 Å². The van der Waals surface area contributed by atoms with E-state index in [4.69, 9.17) is 4.74 Å². The van der Waals surface area contributed by atoms with Crippen molar-refractivity contribution in [2.75, 3.05) is 33.4 Å². The predicted molar refractivity (Wildman–Crippen MR) is 93.3 cm³/mol. The molecule has 1 aliphatic rings. The van der Waals surface area contributed by atoms with Crippen LogP contribution in [0.15, 0.2) is 29.1 Å². The number of piperidine rings is 1. The fraction of sp³-hybridized carbons (Fsp3) is 0.444. The van der Waals surface area contributed by atoms with Gasteiger partial charge in [0.2, 0.25) is 5.56 Å². The first kappa shape index (κ1) is 17.6. The Balaban J connectivity index is 1.84. The minimum atomic E-state index is -0.456. The number of ether oxygens (including phenoxy) is 1. The summed E-state index contributed by atoms with van der Waals surface area (Å²) in [5, 5.41) is 6.60. The molecule has 0 atom stereocenters. The highest BCUT2D eigenvalue weighted by Crippen LogP contribution is 2.28. The maximum absolute atomic E-state index is 13.6. The van der Waals surface area contributed by atoms with E-state index in [0.717, 1.165) is 25.9 Å². The summed E-state index contributed by atoms with van der Waals surface area (Å²) in [6.45, 7) is 2.75. The number of carbonyl (C=O) groups is 1. The summed E-state index contributed by atoms with van der Waals surface area (Å²) >= 11 is 0. The van der Waals surface area contributed by atoms with Gasteiger partial charge in [0.15, 0.2) is 0 Å². The summed E-state index contributed by atoms with van der Waals surface area (Å²) in [4.78, 5) is 27.1. The van der Waals surface area contributed by atoms with Crippen LogP contribution >= 0.6 is 0 Å². The van der Waals surface area contributed by atoms with Gasteiger partial charge in [0.1, 0.15) is 5.82 Å². The van der Waals surface area contributed by atoms with E-state index in [-0.39, 0.29) is 16.9 Å². The van der Waals surface area contributed by atoms with E-state index in [1.807, 2.05) is 0 Å². The van der Waals surface area contributed by atoms with Gasteiger partial charge in [0.25, 0.3) is 5.91 Å². The van der Waals surface area contributed by atoms with Crippen molar-refractivity contribution in [1.82, 2.24) is 15.6 Å². The Kier molecular flexibility index (Phi) is 5.15. The third kappa shape index (κ3) is 3.88. The summed E-state index contributed by atoms with van der Waals surface area (Å²) in [7, 11) is 1.65. The van der Waals surface area contributed by atoms with E-state index < -0.39 is 11.4 Å². The highest BCUT2D eigenvalue weighted by atomic mass is 19.1. The van der Waals surface area contributed by atoms with Gasteiger partial charge in [-0.15, -0.1) is 0 Å². The number of methoxy groups -OCH3 is 1. The van der Waals surface area contributed by atoms with Gasteiger partial charge in [-0.05, 0) is 44.1 Å². The van der Waals surface area contributed by atoms with E-state index >= 15 is 0 Å². The van der Waals surface area contributed by atoms with Crippen LogP contribution < -0.4 is 16.2 Å². The number of hydrogen-bond donors (Lipinski definition) is 3. The van der Waals surface area contributed by atoms with E-state index in [9.17, 15) is 14.0 Å². The summed E-state index contributed by atoms with van der Waals surface area (Å²) in [6, 6.07) is 5.18. The molecule has 1 amide bonds. The molecule has 6 nitrogen and oxygen atoms in total. The molecule has 1 aliphatic heterocycles. The Morgan fingerprint density at radius 3 is 2.80 bits per heavy atom. The number of benzene rings is 1. The van der Waals surface area contributed by atoms with Crippen LogP contribution in [0.1, 0.15) is 23.2 Å². The van der Waals surface area contributed by atoms with Gasteiger partial charge in [-0.25, -0.2) is 4.39 Å². The first-order chi connectivity index (χ1) is 12.0. The highest BCUT2D eigenvalue weighted by Gasteiger charge is 2.32. The fourth-order valence-corrected chi connectivity index (χ4v) is 3.41. The molecule has 1 saturated heterocycles. The van der Waals surface area contributed by atoms with E-state index in [1.54, 1.807) is 7.11 Å². The molecule has 134 valence electrons. The second kappa shape index (κ2) is 7.33. The minimum Gasteiger partial charge on any atom is -0.384 e. The number of rotatable bonds is 5. The molecule has 0 radical (unpaired) electrons. The Morgan fingerprint density at radius 1 is 1.32 bits per heavy atom. The first-order valence-electron chi connectivity index (χ1n) is 8.33. The molecule has 1 fully saturated rings. The lowest BCUT2D eigenvalue weighted by Crippen LogP contribution is -2.47. The zero-order valence-corrected chi connectivity index (χ0v) is 14.2. The first-order valence-corrected chi connectivity index (χ1v) is 8.33. The van der Waals surface area contributed by atoms with Crippen LogP contribution in [0.3, 0.4) is 0 Å². The smallest absolute Gasteiger partial charge is 0.252 e. The Hall–Kier alpha value is -2.25. The SMILES string of the molecule is COCC1(CNC(=O)c2cc(=O)[nH]c3ccc(F)cc23)CCNCC1. The molecule has 0 unspecified atom stereocenters. The van der Waals surface area contributed by atoms with Gasteiger partial charge >= 0.3 is 0 Å². The molecular formula is C18H22FN3O3. The Bertz CT molecular complexity index is 822. The summed E-state index contributed by atoms with van der Waals surface area (Å²) < 4.78 is 18.9. The molecule has 0 aliphatic carbocycles. The molecule has 7 heteroatoms. The van der Waals surface area contributed by atoms with Crippen molar-refractivity contribution in [3.8, 4) is 0 Å². The normalized spacial score (nSPS) is 16.7. The molecule has 25 heavy (non-hydrogen) atoms. The standard InChI is InChI=1S/C18H22FN3O3/c1-25-11-18(4-6-20-7-5-18)10-21-17(24)14-9-16(23)22-15-3-2-12(19)8-13(14)15/h2-3,8-9,20H,4-7,10-11H2,1H3,(H,21,24)(H,22,23). The number of amides is 1. The van der Waals surface area contributed by atoms with Crippen LogP contribution in [-0.4, -0.2) is 44.2 Å². The summed E-state index contributed by atoms with van der Waals surface area (Å²) in [5.41, 5.74) is 0.0998. The molecule has 0 spiro atoms. The van der Waals surface area contributed by atoms with E-state index in [2.05, 4.69) is 15.6 Å². The Morgan fingerprint density at radius 2 is 2.08 bits per heavy atom. The third-order valence-corrected chi connectivity index (χ3v) is 4.79. The molecule has 0 bridgehead atoms. The molecule has 3 rings (SSSR count). The largest absolute Gasteiger partial charge is 0.384 e. The molecule has 0 saturated carbocycles. The number of nitrogens with one attached hydrogen (secondary N) is 3. The number of hydrogen-bond acceptors (Lipinski definition) is 4. The quantitative estimate of drug-likeness (QED) is 0.764. The number of aromatic nitrogens is 1. The van der Waals surface area contributed by atoms with Crippen LogP contribution in [0.2, 0.25) is 0 Å². The minimum absolute atomic E-state index is 0.127. The van der Waals surface area contributed by atoms with Crippen molar-refractivity contribution in [1.29, 1.82) is 0 Å². The van der Waals surface area contributed by atoms with Gasteiger partial charge in [0, 0.05) is 36.0 Å². The lowest BCUT2D eigenvalue weighted by molar-refractivity contribution is 0.0512. The van der Waals surface area contributed by atoms with Crippen LogP contribution in [-0.2, 0) is 4.74 Å². The van der Waals surface area contributed by atoms with Crippen molar-refractivity contribution in [2.24, 2.45) is 5.41 Å². The Labute approximate surface area is 144 Å². The lowest BCUT2D eigenvalue weighted by atomic mass is 9.79. The number of H-pyrrole nitrogens is 1. The van der Waals surface area contributed by atoms with Crippen molar-refractivity contribution in [3.63, 3.8) is 0 Å². The highest BCUT2D eigenvalue weighted by molar-refractivity contribution is 6.05. The maximum Gasteiger partial charge on any atom is 0.252 e. The second-order valence-electron chi connectivity index (χ2n) is 6.60. The summed E-state index contributed by atoms with van der Waals surface area (Å²) in [6.07, 6.45) is 1.79. The summed E-state index contributed by atoms with van der Waals surface area (Å²) in [5.74, 6) is -0.835. The van der Waals surface area contributed by atoms with Crippen LogP contribution in [0.25, 0.3) is 10.9 Å². The lowest BCUT2D eigenvalue weighted by Gasteiger charge is -2.37. The van der Waals surface area contributed by atoms with Gasteiger partial charge in [0.05, 0.1) is 12.2 Å². The maximum atomic E-state index is 13.6. The van der Waals surface area contributed by atoms with Crippen molar-refractivity contribution >= 4 is 16.8 Å². The van der Waals surface area contributed by atoms with Crippen molar-refractivity contribution < 1.29 is 13.9 Å². The van der Waals surface area contributed by atoms with Gasteiger partial charge < -0.3 is 20.4 Å². The van der Waals surface area contributed by atoms with Crippen LogP contribution in [0, 0.1) is 11.2 Å². The monoisotopic (exact) mass is 347 g/mol. The number of halogens is 1. The second-order valence-corrected chi connectivity index (χ2v) is 6.60. The van der Waals surface area contributed by atoms with Crippen molar-refractivity contribution in [3.05, 3.63) is 46.0 Å². The van der Waals surface area contributed by atoms with Crippen LogP contribution in [0.5, 0.6) is 0 Å². The number of pyridine rings is 1. The number of aromatic amines is 1. The molecule has 1 aromatic heterocycles. The zero-order valence-electron chi connectivity index (χ0n) is 14.2. The third-order valence-electron chi connectivity index (χ3n) is 4.79. The van der Waals surface area contributed by atoms with E-state index in [1.165, 1.54) is 24.3 Å². The predicted octanol–water partition coefficient (Wildman–Crippen LogP) is 1.41. The number of fused-ring (bicyclic) bond motifs is 1. The molecule has 1 aromatic carbocycles.